The summed E-state index contributed by atoms with van der Waals surface area (Å²) >= 11 is 0. The number of methoxy groups -OCH3 is 1. The number of aromatic nitrogens is 5. The van der Waals surface area contributed by atoms with E-state index in [1.54, 1.807) is 43.5 Å². The SMILES string of the molecule is COc1cc([C@H](Nc2ccc(C(=N)N)cc2)c2nn(-c3cccnn3)c(=O)[nH]2)cc2c1OCOC2. The monoisotopic (exact) mass is 474 g/mol. The Hall–Kier alpha value is -4.71. The highest BCUT2D eigenvalue weighted by Crippen LogP contribution is 2.38. The normalized spacial score (nSPS) is 13.4. The number of nitrogen functional groups attached to an aromatic ring is 1. The summed E-state index contributed by atoms with van der Waals surface area (Å²) in [5.74, 6) is 1.76. The number of hydrogen-bond donors (Lipinski definition) is 4. The lowest BCUT2D eigenvalue weighted by Gasteiger charge is -2.24. The number of nitrogens with zero attached hydrogens (tertiary/aromatic N) is 4. The second-order valence-corrected chi connectivity index (χ2v) is 7.70. The Bertz CT molecular complexity index is 1400. The third kappa shape index (κ3) is 4.42. The topological polar surface area (TPSA) is 166 Å². The van der Waals surface area contributed by atoms with E-state index in [0.717, 1.165) is 21.5 Å². The number of anilines is 1. The van der Waals surface area contributed by atoms with E-state index < -0.39 is 11.7 Å². The number of H-pyrrole nitrogens is 1. The Kier molecular flexibility index (Phi) is 5.85. The van der Waals surface area contributed by atoms with Gasteiger partial charge in [-0.25, -0.2) is 4.79 Å². The molecule has 3 heterocycles. The number of nitrogens with one attached hydrogen (secondary N) is 3. The average Bonchev–Trinajstić information content (AvgIpc) is 3.28. The molecule has 0 bridgehead atoms. The predicted octanol–water partition coefficient (Wildman–Crippen LogP) is 1.71. The third-order valence-electron chi connectivity index (χ3n) is 5.44. The zero-order valence-corrected chi connectivity index (χ0v) is 18.7. The molecule has 0 saturated carbocycles. The first-order valence-electron chi connectivity index (χ1n) is 10.6. The molecule has 0 fully saturated rings. The zero-order chi connectivity index (χ0) is 24.4. The van der Waals surface area contributed by atoms with Gasteiger partial charge >= 0.3 is 5.69 Å². The Labute approximate surface area is 199 Å². The predicted molar refractivity (Wildman–Crippen MR) is 126 cm³/mol. The molecule has 2 aromatic carbocycles. The van der Waals surface area contributed by atoms with Gasteiger partial charge in [-0.1, -0.05) is 0 Å². The van der Waals surface area contributed by atoms with Crippen LogP contribution in [0.3, 0.4) is 0 Å². The zero-order valence-electron chi connectivity index (χ0n) is 18.7. The molecule has 5 rings (SSSR count). The molecule has 5 N–H and O–H groups in total. The molecule has 1 aliphatic rings. The standard InChI is InChI=1S/C23H22N8O4/c1-33-17-10-14(9-15-11-34-12-35-20(15)17)19(27-16-6-4-13(5-7-16)21(24)25)22-28-23(32)31(30-22)18-3-2-8-26-29-18/h2-10,19,27H,11-12H2,1H3,(H3,24,25)(H,28,30,32)/t19-/m0/s1. The first kappa shape index (κ1) is 22.1. The van der Waals surface area contributed by atoms with Crippen LogP contribution in [0.2, 0.25) is 0 Å². The second-order valence-electron chi connectivity index (χ2n) is 7.70. The summed E-state index contributed by atoms with van der Waals surface area (Å²) in [6.45, 7) is 0.493. The Balaban J connectivity index is 1.60. The van der Waals surface area contributed by atoms with Crippen molar-refractivity contribution in [3.8, 4) is 17.3 Å². The maximum absolute atomic E-state index is 12.8. The summed E-state index contributed by atoms with van der Waals surface area (Å²) in [5.41, 5.74) is 7.99. The molecule has 0 amide bonds. The van der Waals surface area contributed by atoms with E-state index >= 15 is 0 Å². The number of nitrogens with two attached hydrogens (primary N) is 1. The van der Waals surface area contributed by atoms with E-state index in [0.29, 0.717) is 29.5 Å². The molecule has 0 radical (unpaired) electrons. The highest BCUT2D eigenvalue weighted by molar-refractivity contribution is 5.95. The van der Waals surface area contributed by atoms with Crippen molar-refractivity contribution in [1.82, 2.24) is 25.0 Å². The van der Waals surface area contributed by atoms with Crippen LogP contribution in [0.25, 0.3) is 5.82 Å². The molecular weight excluding hydrogens is 452 g/mol. The van der Waals surface area contributed by atoms with Crippen molar-refractivity contribution in [2.24, 2.45) is 5.73 Å². The van der Waals surface area contributed by atoms with Crippen LogP contribution in [0, 0.1) is 5.41 Å². The Morgan fingerprint density at radius 1 is 1.29 bits per heavy atom. The molecule has 1 aliphatic heterocycles. The highest BCUT2D eigenvalue weighted by Gasteiger charge is 2.25. The largest absolute Gasteiger partial charge is 0.493 e. The van der Waals surface area contributed by atoms with Gasteiger partial charge in [-0.2, -0.15) is 9.78 Å². The van der Waals surface area contributed by atoms with Gasteiger partial charge in [-0.15, -0.1) is 10.2 Å². The van der Waals surface area contributed by atoms with E-state index in [1.165, 1.54) is 6.20 Å². The third-order valence-corrected chi connectivity index (χ3v) is 5.44. The van der Waals surface area contributed by atoms with Crippen molar-refractivity contribution in [2.45, 2.75) is 12.6 Å². The van der Waals surface area contributed by atoms with Gasteiger partial charge in [0, 0.05) is 23.0 Å². The minimum Gasteiger partial charge on any atom is -0.493 e. The van der Waals surface area contributed by atoms with Crippen molar-refractivity contribution in [3.63, 3.8) is 0 Å². The lowest BCUT2D eigenvalue weighted by Crippen LogP contribution is -2.18. The number of rotatable bonds is 7. The minimum atomic E-state index is -0.593. The van der Waals surface area contributed by atoms with Crippen LogP contribution in [-0.2, 0) is 11.3 Å². The van der Waals surface area contributed by atoms with E-state index in [1.807, 2.05) is 12.1 Å². The smallest absolute Gasteiger partial charge is 0.349 e. The fourth-order valence-electron chi connectivity index (χ4n) is 3.78. The maximum atomic E-state index is 12.8. The van der Waals surface area contributed by atoms with Crippen molar-refractivity contribution >= 4 is 11.5 Å². The van der Waals surface area contributed by atoms with Gasteiger partial charge in [0.05, 0.1) is 13.7 Å². The molecule has 4 aromatic rings. The van der Waals surface area contributed by atoms with Crippen molar-refractivity contribution < 1.29 is 14.2 Å². The molecule has 12 heteroatoms. The van der Waals surface area contributed by atoms with Crippen molar-refractivity contribution in [1.29, 1.82) is 5.41 Å². The summed E-state index contributed by atoms with van der Waals surface area (Å²) in [4.78, 5) is 15.6. The minimum absolute atomic E-state index is 0.0282. The summed E-state index contributed by atoms with van der Waals surface area (Å²) in [5, 5.41) is 23.3. The van der Waals surface area contributed by atoms with Gasteiger partial charge in [0.1, 0.15) is 11.9 Å². The summed E-state index contributed by atoms with van der Waals surface area (Å²) < 4.78 is 17.8. The average molecular weight is 474 g/mol. The maximum Gasteiger partial charge on any atom is 0.349 e. The van der Waals surface area contributed by atoms with Crippen molar-refractivity contribution in [3.05, 3.63) is 87.7 Å². The van der Waals surface area contributed by atoms with Crippen molar-refractivity contribution in [2.75, 3.05) is 19.2 Å². The van der Waals surface area contributed by atoms with E-state index in [9.17, 15) is 4.79 Å². The lowest BCUT2D eigenvalue weighted by molar-refractivity contribution is -0.0180. The molecule has 178 valence electrons. The van der Waals surface area contributed by atoms with Crippen LogP contribution in [0.4, 0.5) is 5.69 Å². The molecule has 12 nitrogen and oxygen atoms in total. The van der Waals surface area contributed by atoms with Crippen LogP contribution >= 0.6 is 0 Å². The molecule has 35 heavy (non-hydrogen) atoms. The lowest BCUT2D eigenvalue weighted by atomic mass is 10.0. The number of fused-ring (bicyclic) bond motifs is 1. The van der Waals surface area contributed by atoms with E-state index in [2.05, 4.69) is 25.6 Å². The quantitative estimate of drug-likeness (QED) is 0.230. The van der Waals surface area contributed by atoms with E-state index in [-0.39, 0.29) is 18.4 Å². The van der Waals surface area contributed by atoms with Gasteiger partial charge in [0.2, 0.25) is 0 Å². The summed E-state index contributed by atoms with van der Waals surface area (Å²) in [6.07, 6.45) is 1.51. The molecule has 0 unspecified atom stereocenters. The van der Waals surface area contributed by atoms with Gasteiger partial charge in [-0.05, 0) is 54.1 Å². The molecule has 0 saturated heterocycles. The number of hydrogen-bond acceptors (Lipinski definition) is 9. The fraction of sp³-hybridized carbons (Fsp3) is 0.174. The first-order chi connectivity index (χ1) is 17.0. The summed E-state index contributed by atoms with van der Waals surface area (Å²) in [7, 11) is 1.56. The number of amidine groups is 1. The molecule has 0 spiro atoms. The molecule has 1 atom stereocenters. The van der Waals surface area contributed by atoms with Crippen LogP contribution in [-0.4, -0.2) is 44.7 Å². The van der Waals surface area contributed by atoms with Crippen LogP contribution < -0.4 is 26.2 Å². The second kappa shape index (κ2) is 9.27. The highest BCUT2D eigenvalue weighted by atomic mass is 16.7. The number of ether oxygens (including phenoxy) is 3. The first-order valence-corrected chi connectivity index (χ1v) is 10.6. The number of benzene rings is 2. The van der Waals surface area contributed by atoms with Gasteiger partial charge in [0.15, 0.2) is 29.9 Å². The molecule has 2 aromatic heterocycles. The molecular formula is C23H22N8O4. The van der Waals surface area contributed by atoms with Gasteiger partial charge in [-0.3, -0.25) is 10.4 Å². The Morgan fingerprint density at radius 3 is 2.83 bits per heavy atom. The number of aromatic amines is 1. The fourth-order valence-corrected chi connectivity index (χ4v) is 3.78. The molecule has 0 aliphatic carbocycles. The van der Waals surface area contributed by atoms with Gasteiger partial charge in [0.25, 0.3) is 0 Å². The van der Waals surface area contributed by atoms with Crippen LogP contribution in [0.1, 0.15) is 28.6 Å². The van der Waals surface area contributed by atoms with E-state index in [4.69, 9.17) is 25.4 Å². The Morgan fingerprint density at radius 2 is 2.11 bits per heavy atom. The van der Waals surface area contributed by atoms with Gasteiger partial charge < -0.3 is 25.3 Å². The summed E-state index contributed by atoms with van der Waals surface area (Å²) in [6, 6.07) is 13.5. The van der Waals surface area contributed by atoms with Crippen LogP contribution in [0.5, 0.6) is 11.5 Å². The van der Waals surface area contributed by atoms with Crippen LogP contribution in [0.15, 0.2) is 59.5 Å².